The Kier molecular flexibility index (Phi) is 9.15. The van der Waals surface area contributed by atoms with Crippen LogP contribution in [0, 0.1) is 0 Å². The van der Waals surface area contributed by atoms with Crippen LogP contribution in [-0.4, -0.2) is 16.9 Å². The van der Waals surface area contributed by atoms with Crippen LogP contribution in [-0.2, 0) is 9.59 Å². The van der Waals surface area contributed by atoms with Crippen LogP contribution in [0.15, 0.2) is 79.0 Å². The number of unbranched alkanes of at least 4 members (excludes halogenated alkanes) is 2. The molecule has 0 N–H and O–H groups in total. The Labute approximate surface area is 198 Å². The zero-order chi connectivity index (χ0) is 23.5. The molecule has 0 radical (unpaired) electrons. The number of hydrogen-bond donors (Lipinski definition) is 0. The van der Waals surface area contributed by atoms with E-state index < -0.39 is 0 Å². The van der Waals surface area contributed by atoms with Crippen molar-refractivity contribution in [3.05, 3.63) is 79.0 Å². The zero-order valence-corrected chi connectivity index (χ0v) is 19.6. The zero-order valence-electron chi connectivity index (χ0n) is 18.8. The molecule has 0 atom stereocenters. The molecule has 0 aliphatic carbocycles. The van der Waals surface area contributed by atoms with Crippen LogP contribution in [0.4, 0.5) is 0 Å². The standard InChI is InChI=1S/C27H27NO4S/c1-3-5-7-9-25(29)31-22-15-11-20(12-16-22)24-19-28-27(33-24)21-13-17-23(18-14-21)32-26(30)10-8-6-4-2/h7-19H,3-6H2,1-2H3/b9-7+,10-8+. The van der Waals surface area contributed by atoms with E-state index in [0.29, 0.717) is 11.5 Å². The Hall–Kier alpha value is -3.51. The van der Waals surface area contributed by atoms with Gasteiger partial charge in [-0.15, -0.1) is 11.3 Å². The first kappa shape index (κ1) is 24.1. The molecule has 0 fully saturated rings. The molecular formula is C27H27NO4S. The summed E-state index contributed by atoms with van der Waals surface area (Å²) in [5.41, 5.74) is 1.93. The molecule has 3 aromatic rings. The second-order valence-electron chi connectivity index (χ2n) is 7.30. The van der Waals surface area contributed by atoms with E-state index in [1.54, 1.807) is 35.6 Å². The van der Waals surface area contributed by atoms with Gasteiger partial charge < -0.3 is 9.47 Å². The van der Waals surface area contributed by atoms with Crippen LogP contribution in [0.25, 0.3) is 21.0 Å². The fourth-order valence-corrected chi connectivity index (χ4v) is 3.81. The number of thiazole rings is 1. The molecule has 0 bridgehead atoms. The van der Waals surface area contributed by atoms with Crippen molar-refractivity contribution in [3.63, 3.8) is 0 Å². The van der Waals surface area contributed by atoms with Crippen LogP contribution in [0.1, 0.15) is 39.5 Å². The monoisotopic (exact) mass is 461 g/mol. The molecule has 0 unspecified atom stereocenters. The topological polar surface area (TPSA) is 65.5 Å². The molecule has 2 aromatic carbocycles. The first-order valence-corrected chi connectivity index (χ1v) is 11.8. The lowest BCUT2D eigenvalue weighted by Crippen LogP contribution is -2.03. The third-order valence-electron chi connectivity index (χ3n) is 4.60. The normalized spacial score (nSPS) is 11.2. The molecule has 1 heterocycles. The van der Waals surface area contributed by atoms with Gasteiger partial charge in [0.2, 0.25) is 0 Å². The Balaban J connectivity index is 1.61. The molecule has 0 saturated heterocycles. The van der Waals surface area contributed by atoms with Crippen molar-refractivity contribution in [1.29, 1.82) is 0 Å². The molecular weight excluding hydrogens is 434 g/mol. The number of esters is 2. The molecule has 6 heteroatoms. The van der Waals surface area contributed by atoms with E-state index in [2.05, 4.69) is 18.8 Å². The smallest absolute Gasteiger partial charge is 0.335 e. The summed E-state index contributed by atoms with van der Waals surface area (Å²) < 4.78 is 10.6. The summed E-state index contributed by atoms with van der Waals surface area (Å²) in [5.74, 6) is 0.252. The van der Waals surface area contributed by atoms with Crippen molar-refractivity contribution in [2.24, 2.45) is 0 Å². The fourth-order valence-electron chi connectivity index (χ4n) is 2.89. The number of allylic oxidation sites excluding steroid dienone is 2. The minimum absolute atomic E-state index is 0.373. The first-order valence-electron chi connectivity index (χ1n) is 11.0. The van der Waals surface area contributed by atoms with Gasteiger partial charge in [-0.1, -0.05) is 38.8 Å². The minimum Gasteiger partial charge on any atom is -0.423 e. The first-order chi connectivity index (χ1) is 16.1. The van der Waals surface area contributed by atoms with E-state index in [1.165, 1.54) is 12.2 Å². The highest BCUT2D eigenvalue weighted by atomic mass is 32.1. The molecule has 33 heavy (non-hydrogen) atoms. The second kappa shape index (κ2) is 12.5. The molecule has 0 aliphatic heterocycles. The van der Waals surface area contributed by atoms with Gasteiger partial charge in [-0.25, -0.2) is 14.6 Å². The van der Waals surface area contributed by atoms with Crippen LogP contribution in [0.3, 0.4) is 0 Å². The average Bonchev–Trinajstić information content (AvgIpc) is 3.31. The van der Waals surface area contributed by atoms with Crippen LogP contribution in [0.5, 0.6) is 11.5 Å². The van der Waals surface area contributed by atoms with E-state index >= 15 is 0 Å². The van der Waals surface area contributed by atoms with E-state index in [4.69, 9.17) is 9.47 Å². The molecule has 1 aromatic heterocycles. The van der Waals surface area contributed by atoms with Gasteiger partial charge in [0.1, 0.15) is 16.5 Å². The Morgan fingerprint density at radius 1 is 0.788 bits per heavy atom. The highest BCUT2D eigenvalue weighted by molar-refractivity contribution is 7.18. The number of nitrogens with zero attached hydrogens (tertiary/aromatic N) is 1. The maximum absolute atomic E-state index is 11.8. The lowest BCUT2D eigenvalue weighted by Gasteiger charge is -2.03. The van der Waals surface area contributed by atoms with E-state index in [1.807, 2.05) is 42.6 Å². The van der Waals surface area contributed by atoms with Crippen molar-refractivity contribution in [1.82, 2.24) is 4.98 Å². The van der Waals surface area contributed by atoms with Gasteiger partial charge in [0.05, 0.1) is 4.88 Å². The van der Waals surface area contributed by atoms with Crippen LogP contribution in [0.2, 0.25) is 0 Å². The second-order valence-corrected chi connectivity index (χ2v) is 8.33. The number of ether oxygens (including phenoxy) is 2. The predicted molar refractivity (Wildman–Crippen MR) is 132 cm³/mol. The maximum atomic E-state index is 11.8. The predicted octanol–water partition coefficient (Wildman–Crippen LogP) is 7.00. The van der Waals surface area contributed by atoms with Gasteiger partial charge in [-0.05, 0) is 66.9 Å². The Morgan fingerprint density at radius 3 is 1.76 bits per heavy atom. The van der Waals surface area contributed by atoms with Crippen molar-refractivity contribution in [2.45, 2.75) is 39.5 Å². The highest BCUT2D eigenvalue weighted by Crippen LogP contribution is 2.33. The summed E-state index contributed by atoms with van der Waals surface area (Å²) in [6, 6.07) is 14.7. The Bertz CT molecular complexity index is 1020. The van der Waals surface area contributed by atoms with E-state index in [-0.39, 0.29) is 11.9 Å². The molecule has 0 saturated carbocycles. The van der Waals surface area contributed by atoms with Gasteiger partial charge >= 0.3 is 11.9 Å². The number of aromatic nitrogens is 1. The van der Waals surface area contributed by atoms with Crippen molar-refractivity contribution in [3.8, 4) is 32.5 Å². The fraction of sp³-hybridized carbons (Fsp3) is 0.222. The average molecular weight is 462 g/mol. The molecule has 0 amide bonds. The maximum Gasteiger partial charge on any atom is 0.335 e. The third kappa shape index (κ3) is 7.54. The summed E-state index contributed by atoms with van der Waals surface area (Å²) in [6.45, 7) is 4.11. The molecule has 5 nitrogen and oxygen atoms in total. The van der Waals surface area contributed by atoms with Crippen molar-refractivity contribution >= 4 is 23.3 Å². The molecule has 3 rings (SSSR count). The minimum atomic E-state index is -0.376. The van der Waals surface area contributed by atoms with Gasteiger partial charge in [0, 0.05) is 23.9 Å². The van der Waals surface area contributed by atoms with Gasteiger partial charge in [0.25, 0.3) is 0 Å². The lowest BCUT2D eigenvalue weighted by atomic mass is 10.2. The van der Waals surface area contributed by atoms with Gasteiger partial charge in [-0.3, -0.25) is 0 Å². The SMILES string of the molecule is CCC/C=C/C(=O)Oc1ccc(-c2cnc(-c3ccc(OC(=O)/C=C/CCC)cc3)s2)cc1. The molecule has 0 aliphatic rings. The van der Waals surface area contributed by atoms with E-state index in [9.17, 15) is 9.59 Å². The quantitative estimate of drug-likeness (QED) is 0.185. The number of carbonyl (C=O) groups excluding carboxylic acids is 2. The third-order valence-corrected chi connectivity index (χ3v) is 5.70. The van der Waals surface area contributed by atoms with Crippen LogP contribution >= 0.6 is 11.3 Å². The summed E-state index contributed by atoms with van der Waals surface area (Å²) in [4.78, 5) is 29.1. The van der Waals surface area contributed by atoms with Crippen LogP contribution < -0.4 is 9.47 Å². The summed E-state index contributed by atoms with van der Waals surface area (Å²) >= 11 is 1.56. The number of hydrogen-bond acceptors (Lipinski definition) is 6. The number of carbonyl (C=O) groups is 2. The lowest BCUT2D eigenvalue weighted by molar-refractivity contribution is -0.129. The highest BCUT2D eigenvalue weighted by Gasteiger charge is 2.09. The number of benzene rings is 2. The summed E-state index contributed by atoms with van der Waals surface area (Å²) in [7, 11) is 0. The van der Waals surface area contributed by atoms with Crippen molar-refractivity contribution in [2.75, 3.05) is 0 Å². The van der Waals surface area contributed by atoms with Gasteiger partial charge in [-0.2, -0.15) is 0 Å². The molecule has 170 valence electrons. The molecule has 0 spiro atoms. The van der Waals surface area contributed by atoms with Crippen molar-refractivity contribution < 1.29 is 19.1 Å². The largest absolute Gasteiger partial charge is 0.423 e. The summed E-state index contributed by atoms with van der Waals surface area (Å²) in [5, 5.41) is 0.863. The Morgan fingerprint density at radius 2 is 1.27 bits per heavy atom. The summed E-state index contributed by atoms with van der Waals surface area (Å²) in [6.07, 6.45) is 12.1. The number of rotatable bonds is 10. The van der Waals surface area contributed by atoms with E-state index in [0.717, 1.165) is 46.7 Å². The van der Waals surface area contributed by atoms with Gasteiger partial charge in [0.15, 0.2) is 0 Å².